The van der Waals surface area contributed by atoms with Crippen LogP contribution >= 0.6 is 0 Å². The van der Waals surface area contributed by atoms with Gasteiger partial charge in [0.15, 0.2) is 0 Å². The first-order chi connectivity index (χ1) is 8.93. The van der Waals surface area contributed by atoms with Crippen LogP contribution in [0.5, 0.6) is 0 Å². The molecule has 1 aromatic carbocycles. The Labute approximate surface area is 115 Å². The van der Waals surface area contributed by atoms with Crippen LogP contribution in [0.2, 0.25) is 0 Å². The lowest BCUT2D eigenvalue weighted by Gasteiger charge is -2.34. The van der Waals surface area contributed by atoms with E-state index in [-0.39, 0.29) is 29.9 Å². The van der Waals surface area contributed by atoms with Gasteiger partial charge in [-0.25, -0.2) is 4.39 Å². The minimum Gasteiger partial charge on any atom is -0.396 e. The molecule has 0 amide bonds. The molecule has 1 aromatic rings. The van der Waals surface area contributed by atoms with Crippen LogP contribution in [0.15, 0.2) is 18.2 Å². The first-order valence-electron chi connectivity index (χ1n) is 7.07. The molecular formula is C16H24FNO. The van der Waals surface area contributed by atoms with Crippen molar-refractivity contribution in [2.75, 3.05) is 6.61 Å². The molecule has 1 aliphatic rings. The van der Waals surface area contributed by atoms with Gasteiger partial charge in [0.25, 0.3) is 0 Å². The highest BCUT2D eigenvalue weighted by Gasteiger charge is 2.31. The van der Waals surface area contributed by atoms with E-state index in [1.807, 2.05) is 6.07 Å². The van der Waals surface area contributed by atoms with E-state index in [4.69, 9.17) is 0 Å². The summed E-state index contributed by atoms with van der Waals surface area (Å²) in [5, 5.41) is 12.8. The maximum atomic E-state index is 13.7. The molecule has 0 saturated heterocycles. The van der Waals surface area contributed by atoms with Gasteiger partial charge in [0.2, 0.25) is 0 Å². The lowest BCUT2D eigenvalue weighted by atomic mass is 9.84. The molecule has 3 heteroatoms. The fourth-order valence-electron chi connectivity index (χ4n) is 2.92. The molecule has 19 heavy (non-hydrogen) atoms. The summed E-state index contributed by atoms with van der Waals surface area (Å²) in [5.74, 6) is -0.0868. The van der Waals surface area contributed by atoms with E-state index in [9.17, 15) is 9.50 Å². The molecule has 0 spiro atoms. The standard InChI is InChI=1S/C16H24FNO/c1-16(2,3)15(9-10-19)18-14-8-7-11-12(14)5-4-6-13(11)17/h4-6,14-15,18-19H,7-10H2,1-3H3. The van der Waals surface area contributed by atoms with E-state index in [0.29, 0.717) is 0 Å². The molecule has 0 radical (unpaired) electrons. The summed E-state index contributed by atoms with van der Waals surface area (Å²) in [6.07, 6.45) is 2.47. The Bertz CT molecular complexity index is 439. The number of aliphatic hydroxyl groups is 1. The van der Waals surface area contributed by atoms with Crippen molar-refractivity contribution in [2.45, 2.75) is 52.1 Å². The second-order valence-electron chi connectivity index (χ2n) is 6.50. The van der Waals surface area contributed by atoms with Crippen molar-refractivity contribution < 1.29 is 9.50 Å². The van der Waals surface area contributed by atoms with Crippen molar-refractivity contribution in [3.05, 3.63) is 35.1 Å². The normalized spacial score (nSPS) is 20.4. The molecule has 106 valence electrons. The summed E-state index contributed by atoms with van der Waals surface area (Å²) in [6.45, 7) is 6.68. The summed E-state index contributed by atoms with van der Waals surface area (Å²) in [5.41, 5.74) is 2.03. The number of nitrogens with one attached hydrogen (secondary N) is 1. The summed E-state index contributed by atoms with van der Waals surface area (Å²) < 4.78 is 13.7. The third kappa shape index (κ3) is 3.15. The van der Waals surface area contributed by atoms with Gasteiger partial charge in [-0.05, 0) is 41.9 Å². The summed E-state index contributed by atoms with van der Waals surface area (Å²) >= 11 is 0. The number of rotatable bonds is 4. The first kappa shape index (κ1) is 14.5. The van der Waals surface area contributed by atoms with E-state index in [1.165, 1.54) is 6.07 Å². The van der Waals surface area contributed by atoms with Gasteiger partial charge >= 0.3 is 0 Å². The minimum atomic E-state index is -0.0868. The van der Waals surface area contributed by atoms with E-state index >= 15 is 0 Å². The second-order valence-corrected chi connectivity index (χ2v) is 6.50. The number of halogens is 1. The van der Waals surface area contributed by atoms with Gasteiger partial charge in [-0.15, -0.1) is 0 Å². The zero-order valence-corrected chi connectivity index (χ0v) is 12.0. The molecule has 0 saturated carbocycles. The Kier molecular flexibility index (Phi) is 4.26. The lowest BCUT2D eigenvalue weighted by molar-refractivity contribution is 0.185. The van der Waals surface area contributed by atoms with Crippen LogP contribution in [-0.2, 0) is 6.42 Å². The average Bonchev–Trinajstić information content (AvgIpc) is 2.72. The maximum absolute atomic E-state index is 13.7. The topological polar surface area (TPSA) is 32.3 Å². The molecule has 0 aliphatic heterocycles. The molecule has 0 bridgehead atoms. The average molecular weight is 265 g/mol. The minimum absolute atomic E-state index is 0.0822. The summed E-state index contributed by atoms with van der Waals surface area (Å²) in [4.78, 5) is 0. The highest BCUT2D eigenvalue weighted by Crippen LogP contribution is 2.35. The predicted octanol–water partition coefficient (Wildman–Crippen LogP) is 3.20. The summed E-state index contributed by atoms with van der Waals surface area (Å²) in [7, 11) is 0. The van der Waals surface area contributed by atoms with Crippen LogP contribution in [0, 0.1) is 11.2 Å². The Morgan fingerprint density at radius 3 is 2.79 bits per heavy atom. The van der Waals surface area contributed by atoms with Gasteiger partial charge in [-0.2, -0.15) is 0 Å². The second kappa shape index (κ2) is 5.59. The fraction of sp³-hybridized carbons (Fsp3) is 0.625. The van der Waals surface area contributed by atoms with Crippen molar-refractivity contribution >= 4 is 0 Å². The van der Waals surface area contributed by atoms with E-state index in [1.54, 1.807) is 6.07 Å². The van der Waals surface area contributed by atoms with Crippen molar-refractivity contribution in [1.29, 1.82) is 0 Å². The molecule has 0 aromatic heterocycles. The monoisotopic (exact) mass is 265 g/mol. The molecule has 0 heterocycles. The largest absolute Gasteiger partial charge is 0.396 e. The Hall–Kier alpha value is -0.930. The summed E-state index contributed by atoms with van der Waals surface area (Å²) in [6, 6.07) is 5.78. The first-order valence-corrected chi connectivity index (χ1v) is 7.07. The SMILES string of the molecule is CC(C)(C)C(CCO)NC1CCc2c(F)cccc21. The third-order valence-corrected chi connectivity index (χ3v) is 4.08. The van der Waals surface area contributed by atoms with Gasteiger partial charge in [0.05, 0.1) is 0 Å². The van der Waals surface area contributed by atoms with Crippen LogP contribution in [-0.4, -0.2) is 17.8 Å². The van der Waals surface area contributed by atoms with Crippen LogP contribution in [0.4, 0.5) is 4.39 Å². The number of hydrogen-bond donors (Lipinski definition) is 2. The molecule has 0 fully saturated rings. The van der Waals surface area contributed by atoms with Gasteiger partial charge in [-0.1, -0.05) is 32.9 Å². The van der Waals surface area contributed by atoms with Crippen molar-refractivity contribution in [2.24, 2.45) is 5.41 Å². The van der Waals surface area contributed by atoms with Crippen LogP contribution in [0.3, 0.4) is 0 Å². The van der Waals surface area contributed by atoms with Gasteiger partial charge in [-0.3, -0.25) is 0 Å². The van der Waals surface area contributed by atoms with Crippen molar-refractivity contribution in [3.8, 4) is 0 Å². The smallest absolute Gasteiger partial charge is 0.126 e. The Morgan fingerprint density at radius 2 is 2.16 bits per heavy atom. The predicted molar refractivity (Wildman–Crippen MR) is 75.5 cm³/mol. The number of benzene rings is 1. The quantitative estimate of drug-likeness (QED) is 0.876. The molecule has 2 nitrogen and oxygen atoms in total. The van der Waals surface area contributed by atoms with Crippen LogP contribution in [0.1, 0.15) is 50.8 Å². The van der Waals surface area contributed by atoms with Gasteiger partial charge in [0.1, 0.15) is 5.82 Å². The van der Waals surface area contributed by atoms with Gasteiger partial charge in [0, 0.05) is 18.7 Å². The molecule has 1 aliphatic carbocycles. The molecule has 2 atom stereocenters. The Balaban J connectivity index is 2.15. The third-order valence-electron chi connectivity index (χ3n) is 4.08. The number of fused-ring (bicyclic) bond motifs is 1. The van der Waals surface area contributed by atoms with E-state index < -0.39 is 0 Å². The Morgan fingerprint density at radius 1 is 1.42 bits per heavy atom. The molecule has 2 unspecified atom stereocenters. The van der Waals surface area contributed by atoms with Gasteiger partial charge < -0.3 is 10.4 Å². The highest BCUT2D eigenvalue weighted by atomic mass is 19.1. The zero-order chi connectivity index (χ0) is 14.0. The number of aliphatic hydroxyl groups excluding tert-OH is 1. The number of hydrogen-bond acceptors (Lipinski definition) is 2. The maximum Gasteiger partial charge on any atom is 0.126 e. The highest BCUT2D eigenvalue weighted by molar-refractivity contribution is 5.35. The fourth-order valence-corrected chi connectivity index (χ4v) is 2.92. The molecule has 2 N–H and O–H groups in total. The lowest BCUT2D eigenvalue weighted by Crippen LogP contribution is -2.42. The van der Waals surface area contributed by atoms with E-state index in [0.717, 1.165) is 30.4 Å². The van der Waals surface area contributed by atoms with Crippen molar-refractivity contribution in [1.82, 2.24) is 5.32 Å². The molecule has 2 rings (SSSR count). The van der Waals surface area contributed by atoms with Crippen LogP contribution in [0.25, 0.3) is 0 Å². The van der Waals surface area contributed by atoms with Crippen molar-refractivity contribution in [3.63, 3.8) is 0 Å². The van der Waals surface area contributed by atoms with Crippen LogP contribution < -0.4 is 5.32 Å². The zero-order valence-electron chi connectivity index (χ0n) is 12.0. The van der Waals surface area contributed by atoms with E-state index in [2.05, 4.69) is 26.1 Å². The molecular weight excluding hydrogens is 241 g/mol.